The molecule has 1 aromatic heterocycles. The lowest BCUT2D eigenvalue weighted by Crippen LogP contribution is -2.17. The average Bonchev–Trinajstić information content (AvgIpc) is 2.79. The van der Waals surface area contributed by atoms with Crippen molar-refractivity contribution in [1.82, 2.24) is 0 Å². The number of aliphatic hydroxyl groups excluding tert-OH is 1. The van der Waals surface area contributed by atoms with Crippen LogP contribution < -0.4 is 0 Å². The summed E-state index contributed by atoms with van der Waals surface area (Å²) in [6.07, 6.45) is 0.884. The van der Waals surface area contributed by atoms with Crippen LogP contribution in [-0.2, 0) is 17.8 Å². The lowest BCUT2D eigenvalue weighted by atomic mass is 9.93. The predicted octanol–water partition coefficient (Wildman–Crippen LogP) is 2.74. The second-order valence-corrected chi connectivity index (χ2v) is 4.58. The molecule has 0 radical (unpaired) electrons. The van der Waals surface area contributed by atoms with Gasteiger partial charge in [0.15, 0.2) is 0 Å². The van der Waals surface area contributed by atoms with Crippen LogP contribution in [0, 0.1) is 6.92 Å². The van der Waals surface area contributed by atoms with Gasteiger partial charge in [0.1, 0.15) is 24.2 Å². The molecule has 0 saturated heterocycles. The van der Waals surface area contributed by atoms with Gasteiger partial charge in [0.2, 0.25) is 0 Å². The number of rotatable bonds is 2. The molecule has 2 aromatic rings. The van der Waals surface area contributed by atoms with E-state index in [-0.39, 0.29) is 12.7 Å². The summed E-state index contributed by atoms with van der Waals surface area (Å²) in [6.45, 7) is 2.56. The SMILES string of the molecule is Cc1oc(CO)cc1C1OCCc2ccccc21. The first-order valence-electron chi connectivity index (χ1n) is 6.19. The zero-order valence-electron chi connectivity index (χ0n) is 10.3. The Morgan fingerprint density at radius 2 is 2.11 bits per heavy atom. The van der Waals surface area contributed by atoms with Gasteiger partial charge in [0.25, 0.3) is 0 Å². The summed E-state index contributed by atoms with van der Waals surface area (Å²) in [7, 11) is 0. The molecule has 1 N–H and O–H groups in total. The number of aliphatic hydroxyl groups is 1. The summed E-state index contributed by atoms with van der Waals surface area (Å²) in [5.74, 6) is 1.41. The van der Waals surface area contributed by atoms with Crippen molar-refractivity contribution < 1.29 is 14.3 Å². The fourth-order valence-electron chi connectivity index (χ4n) is 2.55. The third-order valence-corrected chi connectivity index (χ3v) is 3.44. The molecular weight excluding hydrogens is 228 g/mol. The van der Waals surface area contributed by atoms with Crippen LogP contribution in [0.15, 0.2) is 34.7 Å². The van der Waals surface area contributed by atoms with Crippen LogP contribution in [0.25, 0.3) is 0 Å². The van der Waals surface area contributed by atoms with Crippen LogP contribution in [0.1, 0.15) is 34.3 Å². The minimum absolute atomic E-state index is 0.0704. The maximum atomic E-state index is 9.13. The fraction of sp³-hybridized carbons (Fsp3) is 0.333. The number of hydrogen-bond acceptors (Lipinski definition) is 3. The van der Waals surface area contributed by atoms with Gasteiger partial charge in [-0.1, -0.05) is 24.3 Å². The summed E-state index contributed by atoms with van der Waals surface area (Å²) in [4.78, 5) is 0. The molecule has 3 heteroatoms. The molecule has 1 aromatic carbocycles. The second kappa shape index (κ2) is 4.59. The highest BCUT2D eigenvalue weighted by Crippen LogP contribution is 2.35. The molecule has 0 bridgehead atoms. The third kappa shape index (κ3) is 1.85. The standard InChI is InChI=1S/C15H16O3/c1-10-14(8-12(9-16)18-10)15-13-5-3-2-4-11(13)6-7-17-15/h2-5,8,15-16H,6-7,9H2,1H3. The van der Waals surface area contributed by atoms with Gasteiger partial charge < -0.3 is 14.3 Å². The van der Waals surface area contributed by atoms with E-state index in [1.54, 1.807) is 0 Å². The van der Waals surface area contributed by atoms with Gasteiger partial charge in [0.05, 0.1) is 6.61 Å². The molecule has 0 spiro atoms. The first kappa shape index (κ1) is 11.5. The van der Waals surface area contributed by atoms with Crippen molar-refractivity contribution in [1.29, 1.82) is 0 Å². The molecule has 18 heavy (non-hydrogen) atoms. The largest absolute Gasteiger partial charge is 0.464 e. The highest BCUT2D eigenvalue weighted by molar-refractivity contribution is 5.39. The molecule has 3 nitrogen and oxygen atoms in total. The number of hydrogen-bond donors (Lipinski definition) is 1. The number of furan rings is 1. The lowest BCUT2D eigenvalue weighted by molar-refractivity contribution is 0.0689. The summed E-state index contributed by atoms with van der Waals surface area (Å²) in [6, 6.07) is 10.2. The molecule has 1 aliphatic heterocycles. The van der Waals surface area contributed by atoms with E-state index in [1.807, 2.05) is 19.1 Å². The maximum absolute atomic E-state index is 9.13. The van der Waals surface area contributed by atoms with Crippen LogP contribution in [0.4, 0.5) is 0 Å². The number of aryl methyl sites for hydroxylation is 1. The lowest BCUT2D eigenvalue weighted by Gasteiger charge is -2.25. The average molecular weight is 244 g/mol. The minimum atomic E-state index is -0.0742. The fourth-order valence-corrected chi connectivity index (χ4v) is 2.55. The Hall–Kier alpha value is -1.58. The van der Waals surface area contributed by atoms with Gasteiger partial charge in [-0.2, -0.15) is 0 Å². The molecule has 2 heterocycles. The molecule has 94 valence electrons. The van der Waals surface area contributed by atoms with Crippen LogP contribution >= 0.6 is 0 Å². The number of benzene rings is 1. The Morgan fingerprint density at radius 1 is 1.28 bits per heavy atom. The Bertz CT molecular complexity index is 557. The van der Waals surface area contributed by atoms with Gasteiger partial charge in [-0.15, -0.1) is 0 Å². The molecule has 0 amide bonds. The Labute approximate surface area is 106 Å². The number of fused-ring (bicyclic) bond motifs is 1. The van der Waals surface area contributed by atoms with Crippen molar-refractivity contribution in [2.24, 2.45) is 0 Å². The van der Waals surface area contributed by atoms with E-state index < -0.39 is 0 Å². The first-order chi connectivity index (χ1) is 8.79. The number of ether oxygens (including phenoxy) is 1. The van der Waals surface area contributed by atoms with Crippen molar-refractivity contribution in [3.8, 4) is 0 Å². The molecular formula is C15H16O3. The molecule has 1 atom stereocenters. The summed E-state index contributed by atoms with van der Waals surface area (Å²) in [5.41, 5.74) is 3.56. The van der Waals surface area contributed by atoms with Crippen molar-refractivity contribution in [2.45, 2.75) is 26.1 Å². The molecule has 0 fully saturated rings. The smallest absolute Gasteiger partial charge is 0.129 e. The van der Waals surface area contributed by atoms with Gasteiger partial charge in [-0.3, -0.25) is 0 Å². The summed E-state index contributed by atoms with van der Waals surface area (Å²) in [5, 5.41) is 9.13. The highest BCUT2D eigenvalue weighted by atomic mass is 16.5. The van der Waals surface area contributed by atoms with Gasteiger partial charge >= 0.3 is 0 Å². The van der Waals surface area contributed by atoms with Crippen LogP contribution in [0.5, 0.6) is 0 Å². The quantitative estimate of drug-likeness (QED) is 0.883. The minimum Gasteiger partial charge on any atom is -0.464 e. The van der Waals surface area contributed by atoms with E-state index in [4.69, 9.17) is 14.3 Å². The Kier molecular flexibility index (Phi) is 2.94. The molecule has 1 unspecified atom stereocenters. The Balaban J connectivity index is 2.05. The van der Waals surface area contributed by atoms with Crippen molar-refractivity contribution in [2.75, 3.05) is 6.61 Å². The predicted molar refractivity (Wildman–Crippen MR) is 67.3 cm³/mol. The first-order valence-corrected chi connectivity index (χ1v) is 6.19. The van der Waals surface area contributed by atoms with Crippen molar-refractivity contribution >= 4 is 0 Å². The second-order valence-electron chi connectivity index (χ2n) is 4.58. The normalized spacial score (nSPS) is 18.7. The van der Waals surface area contributed by atoms with E-state index in [0.717, 1.165) is 24.4 Å². The third-order valence-electron chi connectivity index (χ3n) is 3.44. The van der Waals surface area contributed by atoms with E-state index in [2.05, 4.69) is 18.2 Å². The van der Waals surface area contributed by atoms with Crippen molar-refractivity contribution in [3.63, 3.8) is 0 Å². The van der Waals surface area contributed by atoms with E-state index in [1.165, 1.54) is 11.1 Å². The van der Waals surface area contributed by atoms with Crippen LogP contribution in [0.2, 0.25) is 0 Å². The van der Waals surface area contributed by atoms with Gasteiger partial charge in [-0.25, -0.2) is 0 Å². The zero-order valence-corrected chi connectivity index (χ0v) is 10.3. The van der Waals surface area contributed by atoms with Gasteiger partial charge in [-0.05, 0) is 30.5 Å². The van der Waals surface area contributed by atoms with Crippen LogP contribution in [0.3, 0.4) is 0 Å². The van der Waals surface area contributed by atoms with Crippen molar-refractivity contribution in [3.05, 3.63) is 58.5 Å². The molecule has 1 aliphatic rings. The zero-order chi connectivity index (χ0) is 12.5. The Morgan fingerprint density at radius 3 is 2.89 bits per heavy atom. The topological polar surface area (TPSA) is 42.6 Å². The monoisotopic (exact) mass is 244 g/mol. The summed E-state index contributed by atoms with van der Waals surface area (Å²) >= 11 is 0. The highest BCUT2D eigenvalue weighted by Gasteiger charge is 2.25. The summed E-state index contributed by atoms with van der Waals surface area (Å²) < 4.78 is 11.4. The molecule has 3 rings (SSSR count). The maximum Gasteiger partial charge on any atom is 0.129 e. The molecule has 0 saturated carbocycles. The van der Waals surface area contributed by atoms with Crippen LogP contribution in [-0.4, -0.2) is 11.7 Å². The molecule has 0 aliphatic carbocycles. The van der Waals surface area contributed by atoms with Gasteiger partial charge in [0, 0.05) is 5.56 Å². The van der Waals surface area contributed by atoms with E-state index >= 15 is 0 Å². The van der Waals surface area contributed by atoms with E-state index in [0.29, 0.717) is 5.76 Å². The van der Waals surface area contributed by atoms with E-state index in [9.17, 15) is 0 Å².